The number of carbonyl (C=O) groups excluding carboxylic acids is 1. The van der Waals surface area contributed by atoms with Crippen molar-refractivity contribution in [3.63, 3.8) is 0 Å². The van der Waals surface area contributed by atoms with Crippen molar-refractivity contribution in [2.24, 2.45) is 5.41 Å². The van der Waals surface area contributed by atoms with Crippen LogP contribution in [-0.4, -0.2) is 17.6 Å². The molecule has 0 fully saturated rings. The van der Waals surface area contributed by atoms with Gasteiger partial charge < -0.3 is 9.84 Å². The molecule has 4 nitrogen and oxygen atoms in total. The summed E-state index contributed by atoms with van der Waals surface area (Å²) in [6.45, 7) is 9.05. The smallest absolute Gasteiger partial charge is 0.290 e. The summed E-state index contributed by atoms with van der Waals surface area (Å²) in [6, 6.07) is 0. The normalized spacial score (nSPS) is 11.5. The molecule has 0 saturated heterocycles. The van der Waals surface area contributed by atoms with E-state index in [0.717, 1.165) is 18.4 Å². The van der Waals surface area contributed by atoms with Gasteiger partial charge in [0, 0.05) is 12.1 Å². The molecule has 0 aliphatic carbocycles. The molecule has 1 amide bonds. The molecule has 1 N–H and O–H groups in total. The number of nitrogens with one attached hydrogen (secondary N) is 1. The zero-order valence-corrected chi connectivity index (χ0v) is 10.5. The maximum absolute atomic E-state index is 11.6. The predicted octanol–water partition coefficient (Wildman–Crippen LogP) is 2.54. The fraction of sp³-hybridized carbons (Fsp3) is 0.667. The summed E-state index contributed by atoms with van der Waals surface area (Å²) in [7, 11) is 0. The van der Waals surface area contributed by atoms with Gasteiger partial charge in [0.2, 0.25) is 5.76 Å². The Bertz CT molecular complexity index is 350. The highest BCUT2D eigenvalue weighted by Gasteiger charge is 2.14. The van der Waals surface area contributed by atoms with E-state index in [1.165, 1.54) is 0 Å². The van der Waals surface area contributed by atoms with E-state index in [1.54, 1.807) is 13.1 Å². The molecule has 1 aromatic rings. The third-order valence-electron chi connectivity index (χ3n) is 2.34. The molecule has 0 aliphatic rings. The number of amides is 1. The molecular formula is C12H20N2O2. The van der Waals surface area contributed by atoms with Crippen molar-refractivity contribution in [1.82, 2.24) is 10.5 Å². The topological polar surface area (TPSA) is 55.1 Å². The molecule has 0 spiro atoms. The second-order valence-electron chi connectivity index (χ2n) is 5.26. The van der Waals surface area contributed by atoms with Crippen molar-refractivity contribution in [3.8, 4) is 0 Å². The monoisotopic (exact) mass is 224 g/mol. The van der Waals surface area contributed by atoms with Gasteiger partial charge in [0.15, 0.2) is 0 Å². The molecule has 90 valence electrons. The van der Waals surface area contributed by atoms with Crippen molar-refractivity contribution in [1.29, 1.82) is 0 Å². The Labute approximate surface area is 96.4 Å². The van der Waals surface area contributed by atoms with Crippen LogP contribution in [0, 0.1) is 12.3 Å². The molecule has 1 heterocycles. The first-order chi connectivity index (χ1) is 7.40. The van der Waals surface area contributed by atoms with Crippen molar-refractivity contribution >= 4 is 5.91 Å². The summed E-state index contributed by atoms with van der Waals surface area (Å²) in [5.41, 5.74) is 1.08. The van der Waals surface area contributed by atoms with Gasteiger partial charge in [0.1, 0.15) is 0 Å². The number of aromatic nitrogens is 1. The lowest BCUT2D eigenvalue weighted by Gasteiger charge is -2.17. The van der Waals surface area contributed by atoms with Crippen LogP contribution in [-0.2, 0) is 0 Å². The van der Waals surface area contributed by atoms with E-state index in [-0.39, 0.29) is 5.91 Å². The zero-order chi connectivity index (χ0) is 12.2. The summed E-state index contributed by atoms with van der Waals surface area (Å²) in [5, 5.41) is 6.40. The van der Waals surface area contributed by atoms with Gasteiger partial charge in [-0.1, -0.05) is 25.9 Å². The Morgan fingerprint density at radius 3 is 2.69 bits per heavy atom. The van der Waals surface area contributed by atoms with E-state index in [9.17, 15) is 4.79 Å². The molecule has 0 aromatic carbocycles. The van der Waals surface area contributed by atoms with E-state index in [0.29, 0.717) is 17.7 Å². The van der Waals surface area contributed by atoms with Gasteiger partial charge in [-0.2, -0.15) is 0 Å². The van der Waals surface area contributed by atoms with Crippen molar-refractivity contribution in [2.75, 3.05) is 6.54 Å². The molecule has 1 aromatic heterocycles. The minimum atomic E-state index is -0.177. The average molecular weight is 224 g/mol. The summed E-state index contributed by atoms with van der Waals surface area (Å²) in [4.78, 5) is 11.6. The quantitative estimate of drug-likeness (QED) is 0.799. The van der Waals surface area contributed by atoms with Crippen LogP contribution < -0.4 is 5.32 Å². The molecule has 0 atom stereocenters. The Morgan fingerprint density at radius 1 is 1.50 bits per heavy atom. The number of hydrogen-bond acceptors (Lipinski definition) is 3. The van der Waals surface area contributed by atoms with Crippen LogP contribution in [0.25, 0.3) is 0 Å². The highest BCUT2D eigenvalue weighted by molar-refractivity contribution is 5.92. The maximum Gasteiger partial charge on any atom is 0.290 e. The fourth-order valence-electron chi connectivity index (χ4n) is 1.41. The van der Waals surface area contributed by atoms with Crippen LogP contribution in [0.5, 0.6) is 0 Å². The molecule has 1 rings (SSSR count). The summed E-state index contributed by atoms with van der Waals surface area (Å²) >= 11 is 0. The van der Waals surface area contributed by atoms with E-state index >= 15 is 0 Å². The Hall–Kier alpha value is -1.32. The average Bonchev–Trinajstić information content (AvgIpc) is 2.57. The van der Waals surface area contributed by atoms with E-state index in [1.807, 2.05) is 0 Å². The lowest BCUT2D eigenvalue weighted by atomic mass is 9.91. The first kappa shape index (κ1) is 12.7. The molecule has 0 aliphatic heterocycles. The molecule has 0 bridgehead atoms. The molecule has 4 heteroatoms. The first-order valence-electron chi connectivity index (χ1n) is 5.59. The van der Waals surface area contributed by atoms with Crippen LogP contribution in [0.3, 0.4) is 0 Å². The SMILES string of the molecule is Cc1cnoc1C(=O)NCCCC(C)(C)C. The van der Waals surface area contributed by atoms with Gasteiger partial charge in [-0.3, -0.25) is 4.79 Å². The van der Waals surface area contributed by atoms with Crippen LogP contribution in [0.4, 0.5) is 0 Å². The van der Waals surface area contributed by atoms with Crippen LogP contribution in [0.1, 0.15) is 49.7 Å². The van der Waals surface area contributed by atoms with Crippen LogP contribution in [0.15, 0.2) is 10.7 Å². The summed E-state index contributed by atoms with van der Waals surface area (Å²) in [6.07, 6.45) is 3.61. The van der Waals surface area contributed by atoms with Crippen molar-refractivity contribution in [2.45, 2.75) is 40.5 Å². The molecular weight excluding hydrogens is 204 g/mol. The van der Waals surface area contributed by atoms with Crippen LogP contribution >= 0.6 is 0 Å². The highest BCUT2D eigenvalue weighted by atomic mass is 16.5. The largest absolute Gasteiger partial charge is 0.351 e. The number of hydrogen-bond donors (Lipinski definition) is 1. The van der Waals surface area contributed by atoms with Crippen LogP contribution in [0.2, 0.25) is 0 Å². The number of carbonyl (C=O) groups is 1. The van der Waals surface area contributed by atoms with Gasteiger partial charge in [0.25, 0.3) is 5.91 Å². The van der Waals surface area contributed by atoms with Gasteiger partial charge >= 0.3 is 0 Å². The zero-order valence-electron chi connectivity index (χ0n) is 10.5. The van der Waals surface area contributed by atoms with Crippen molar-refractivity contribution < 1.29 is 9.32 Å². The fourth-order valence-corrected chi connectivity index (χ4v) is 1.41. The Balaban J connectivity index is 2.29. The predicted molar refractivity (Wildman–Crippen MR) is 62.3 cm³/mol. The second kappa shape index (κ2) is 5.14. The van der Waals surface area contributed by atoms with Gasteiger partial charge in [-0.05, 0) is 25.2 Å². The third-order valence-corrected chi connectivity index (χ3v) is 2.34. The summed E-state index contributed by atoms with van der Waals surface area (Å²) < 4.78 is 4.86. The minimum Gasteiger partial charge on any atom is -0.351 e. The van der Waals surface area contributed by atoms with E-state index in [2.05, 4.69) is 31.2 Å². The van der Waals surface area contributed by atoms with Crippen molar-refractivity contribution in [3.05, 3.63) is 17.5 Å². The molecule has 0 unspecified atom stereocenters. The Morgan fingerprint density at radius 2 is 2.19 bits per heavy atom. The molecule has 16 heavy (non-hydrogen) atoms. The van der Waals surface area contributed by atoms with Gasteiger partial charge in [0.05, 0.1) is 6.20 Å². The second-order valence-corrected chi connectivity index (χ2v) is 5.26. The highest BCUT2D eigenvalue weighted by Crippen LogP contribution is 2.19. The molecule has 0 saturated carbocycles. The number of nitrogens with zero attached hydrogens (tertiary/aromatic N) is 1. The first-order valence-corrected chi connectivity index (χ1v) is 5.59. The Kier molecular flexibility index (Phi) is 4.10. The summed E-state index contributed by atoms with van der Waals surface area (Å²) in [5.74, 6) is 0.139. The lowest BCUT2D eigenvalue weighted by Crippen LogP contribution is -2.25. The standard InChI is InChI=1S/C12H20N2O2/c1-9-8-14-16-10(9)11(15)13-7-5-6-12(2,3)4/h8H,5-7H2,1-4H3,(H,13,15). The van der Waals surface area contributed by atoms with E-state index < -0.39 is 0 Å². The van der Waals surface area contributed by atoms with Gasteiger partial charge in [-0.25, -0.2) is 0 Å². The third kappa shape index (κ3) is 4.04. The van der Waals surface area contributed by atoms with Gasteiger partial charge in [-0.15, -0.1) is 0 Å². The maximum atomic E-state index is 11.6. The van der Waals surface area contributed by atoms with E-state index in [4.69, 9.17) is 4.52 Å². The molecule has 0 radical (unpaired) electrons. The number of rotatable bonds is 4. The lowest BCUT2D eigenvalue weighted by molar-refractivity contribution is 0.0914. The minimum absolute atomic E-state index is 0.177. The number of aryl methyl sites for hydroxylation is 1.